The van der Waals surface area contributed by atoms with Crippen molar-refractivity contribution in [3.63, 3.8) is 0 Å². The molecule has 1 heterocycles. The van der Waals surface area contributed by atoms with Crippen LogP contribution in [0.5, 0.6) is 0 Å². The normalized spacial score (nSPS) is 18.7. The second-order valence-corrected chi connectivity index (χ2v) is 10.0. The maximum atomic E-state index is 13.8. The summed E-state index contributed by atoms with van der Waals surface area (Å²) in [6.07, 6.45) is 0. The van der Waals surface area contributed by atoms with Crippen molar-refractivity contribution in [2.45, 2.75) is 64.3 Å². The van der Waals surface area contributed by atoms with Crippen LogP contribution in [0, 0.1) is 0 Å². The molecule has 1 aliphatic heterocycles. The maximum absolute atomic E-state index is 13.8. The Bertz CT molecular complexity index is 1090. The van der Waals surface area contributed by atoms with Gasteiger partial charge in [0.1, 0.15) is 11.2 Å². The second-order valence-electron chi connectivity index (χ2n) is 10.0. The van der Waals surface area contributed by atoms with E-state index in [2.05, 4.69) is 6.58 Å². The molecule has 33 heavy (non-hydrogen) atoms. The van der Waals surface area contributed by atoms with Gasteiger partial charge in [-0.3, -0.25) is 0 Å². The summed E-state index contributed by atoms with van der Waals surface area (Å²) in [5.41, 5.74) is -2.51. The molecule has 2 aromatic carbocycles. The molecule has 0 spiro atoms. The average Bonchev–Trinajstić information content (AvgIpc) is 3.00. The van der Waals surface area contributed by atoms with E-state index in [-0.39, 0.29) is 11.1 Å². The molecule has 0 aliphatic carbocycles. The van der Waals surface area contributed by atoms with Gasteiger partial charge >= 0.3 is 17.9 Å². The fraction of sp³-hybridized carbons (Fsp3) is 0.370. The van der Waals surface area contributed by atoms with Gasteiger partial charge in [-0.2, -0.15) is 0 Å². The molecule has 6 heteroatoms. The van der Waals surface area contributed by atoms with Crippen LogP contribution < -0.4 is 0 Å². The first kappa shape index (κ1) is 24.2. The molecule has 3 rings (SSSR count). The molecule has 0 radical (unpaired) electrons. The van der Waals surface area contributed by atoms with Crippen LogP contribution >= 0.6 is 0 Å². The van der Waals surface area contributed by atoms with E-state index in [0.29, 0.717) is 11.1 Å². The van der Waals surface area contributed by atoms with Crippen molar-refractivity contribution in [1.82, 2.24) is 0 Å². The van der Waals surface area contributed by atoms with Crippen molar-refractivity contribution in [3.05, 3.63) is 83.4 Å². The minimum atomic E-state index is -1.95. The summed E-state index contributed by atoms with van der Waals surface area (Å²) in [6.45, 7) is 14.4. The Morgan fingerprint density at radius 1 is 0.879 bits per heavy atom. The summed E-state index contributed by atoms with van der Waals surface area (Å²) in [5, 5.41) is 0. The lowest BCUT2D eigenvalue weighted by atomic mass is 9.73. The van der Waals surface area contributed by atoms with Crippen molar-refractivity contribution in [2.75, 3.05) is 0 Å². The smallest absolute Gasteiger partial charge is 0.357 e. The molecular weight excluding hydrogens is 420 g/mol. The number of ether oxygens (including phenoxy) is 3. The first-order valence-corrected chi connectivity index (χ1v) is 10.8. The molecule has 0 fully saturated rings. The van der Waals surface area contributed by atoms with E-state index < -0.39 is 40.6 Å². The quantitative estimate of drug-likeness (QED) is 0.359. The van der Waals surface area contributed by atoms with Crippen LogP contribution in [0.1, 0.15) is 68.9 Å². The molecule has 2 aromatic rings. The van der Waals surface area contributed by atoms with Crippen LogP contribution in [0.4, 0.5) is 0 Å². The van der Waals surface area contributed by atoms with E-state index in [1.165, 1.54) is 0 Å². The van der Waals surface area contributed by atoms with Gasteiger partial charge in [0.25, 0.3) is 0 Å². The molecule has 0 unspecified atom stereocenters. The number of carbonyl (C=O) groups excluding carboxylic acids is 3. The molecule has 2 atom stereocenters. The first-order chi connectivity index (χ1) is 15.3. The van der Waals surface area contributed by atoms with E-state index in [4.69, 9.17) is 14.2 Å². The van der Waals surface area contributed by atoms with Gasteiger partial charge in [-0.05, 0) is 53.2 Å². The third-order valence-electron chi connectivity index (χ3n) is 5.05. The first-order valence-electron chi connectivity index (χ1n) is 10.8. The fourth-order valence-corrected chi connectivity index (χ4v) is 3.87. The standard InChI is InChI=1S/C27H30O6/c1-17(22(28)31-25(2,3)4)21(18-13-9-8-10-14-18)27(24(30)33-26(5,6)7)20-16-12-11-15-19(20)23(29)32-27/h8-16,21H,1H2,2-7H3/t21-,27-/m1/s1. The van der Waals surface area contributed by atoms with Crippen LogP contribution in [0.2, 0.25) is 0 Å². The molecule has 0 saturated heterocycles. The Hall–Kier alpha value is -3.41. The maximum Gasteiger partial charge on any atom is 0.357 e. The molecule has 0 aromatic heterocycles. The summed E-state index contributed by atoms with van der Waals surface area (Å²) >= 11 is 0. The lowest BCUT2D eigenvalue weighted by Gasteiger charge is -2.37. The van der Waals surface area contributed by atoms with E-state index in [0.717, 1.165) is 0 Å². The lowest BCUT2D eigenvalue weighted by molar-refractivity contribution is -0.180. The Morgan fingerprint density at radius 3 is 2.00 bits per heavy atom. The number of esters is 3. The highest BCUT2D eigenvalue weighted by Gasteiger charge is 2.61. The predicted octanol–water partition coefficient (Wildman–Crippen LogP) is 5.08. The number of cyclic esters (lactones) is 1. The van der Waals surface area contributed by atoms with E-state index in [9.17, 15) is 14.4 Å². The van der Waals surface area contributed by atoms with Crippen LogP contribution in [-0.4, -0.2) is 29.1 Å². The predicted molar refractivity (Wildman–Crippen MR) is 124 cm³/mol. The summed E-state index contributed by atoms with van der Waals surface area (Å²) in [5.74, 6) is -3.23. The Kier molecular flexibility index (Phi) is 6.25. The highest BCUT2D eigenvalue weighted by molar-refractivity contribution is 6.03. The van der Waals surface area contributed by atoms with Crippen molar-refractivity contribution >= 4 is 17.9 Å². The van der Waals surface area contributed by atoms with Gasteiger partial charge in [-0.25, -0.2) is 14.4 Å². The van der Waals surface area contributed by atoms with Crippen LogP contribution in [0.3, 0.4) is 0 Å². The topological polar surface area (TPSA) is 78.9 Å². The molecular formula is C27H30O6. The fourth-order valence-electron chi connectivity index (χ4n) is 3.87. The SMILES string of the molecule is C=C(C(=O)OC(C)(C)C)[C@H](c1ccccc1)[C@]1(C(=O)OC(C)(C)C)OC(=O)c2ccccc21. The minimum absolute atomic E-state index is 0.0218. The number of hydrogen-bond acceptors (Lipinski definition) is 6. The molecule has 0 amide bonds. The molecule has 0 N–H and O–H groups in total. The summed E-state index contributed by atoms with van der Waals surface area (Å²) in [6, 6.07) is 15.5. The molecule has 0 bridgehead atoms. The largest absolute Gasteiger partial charge is 0.457 e. The van der Waals surface area contributed by atoms with Crippen LogP contribution in [0.25, 0.3) is 0 Å². The number of fused-ring (bicyclic) bond motifs is 1. The van der Waals surface area contributed by atoms with Gasteiger partial charge in [-0.1, -0.05) is 55.1 Å². The Morgan fingerprint density at radius 2 is 1.42 bits per heavy atom. The zero-order valence-corrected chi connectivity index (χ0v) is 19.9. The second kappa shape index (κ2) is 8.50. The van der Waals surface area contributed by atoms with Crippen molar-refractivity contribution < 1.29 is 28.6 Å². The van der Waals surface area contributed by atoms with E-state index in [1.54, 1.807) is 90.1 Å². The molecule has 0 saturated carbocycles. The van der Waals surface area contributed by atoms with Gasteiger partial charge in [0.05, 0.1) is 11.5 Å². The monoisotopic (exact) mass is 450 g/mol. The Labute approximate surface area is 194 Å². The van der Waals surface area contributed by atoms with Crippen LogP contribution in [0.15, 0.2) is 66.7 Å². The third kappa shape index (κ3) is 4.85. The highest BCUT2D eigenvalue weighted by atomic mass is 16.6. The van der Waals surface area contributed by atoms with Crippen molar-refractivity contribution in [2.24, 2.45) is 0 Å². The highest BCUT2D eigenvalue weighted by Crippen LogP contribution is 2.51. The molecule has 6 nitrogen and oxygen atoms in total. The summed E-state index contributed by atoms with van der Waals surface area (Å²) < 4.78 is 17.2. The Balaban J connectivity index is 2.28. The number of hydrogen-bond donors (Lipinski definition) is 0. The van der Waals surface area contributed by atoms with Gasteiger partial charge in [0.15, 0.2) is 0 Å². The lowest BCUT2D eigenvalue weighted by Crippen LogP contribution is -2.47. The van der Waals surface area contributed by atoms with Gasteiger partial charge in [-0.15, -0.1) is 0 Å². The zero-order chi connectivity index (χ0) is 24.6. The van der Waals surface area contributed by atoms with Gasteiger partial charge in [0.2, 0.25) is 5.60 Å². The number of carbonyl (C=O) groups is 3. The molecule has 1 aliphatic rings. The summed E-state index contributed by atoms with van der Waals surface area (Å²) in [7, 11) is 0. The van der Waals surface area contributed by atoms with Gasteiger partial charge < -0.3 is 14.2 Å². The van der Waals surface area contributed by atoms with Crippen molar-refractivity contribution in [1.29, 1.82) is 0 Å². The molecule has 174 valence electrons. The van der Waals surface area contributed by atoms with E-state index >= 15 is 0 Å². The number of benzene rings is 2. The summed E-state index contributed by atoms with van der Waals surface area (Å²) in [4.78, 5) is 39.9. The van der Waals surface area contributed by atoms with Crippen LogP contribution in [-0.2, 0) is 29.4 Å². The third-order valence-corrected chi connectivity index (χ3v) is 5.05. The van der Waals surface area contributed by atoms with Crippen molar-refractivity contribution in [3.8, 4) is 0 Å². The average molecular weight is 451 g/mol. The zero-order valence-electron chi connectivity index (χ0n) is 19.9. The van der Waals surface area contributed by atoms with E-state index in [1.807, 2.05) is 6.07 Å². The number of rotatable bonds is 5. The minimum Gasteiger partial charge on any atom is -0.457 e. The van der Waals surface area contributed by atoms with Gasteiger partial charge in [0, 0.05) is 11.1 Å².